The van der Waals surface area contributed by atoms with Crippen molar-refractivity contribution in [3.8, 4) is 11.5 Å². The predicted molar refractivity (Wildman–Crippen MR) is 114 cm³/mol. The van der Waals surface area contributed by atoms with Crippen molar-refractivity contribution in [1.82, 2.24) is 0 Å². The van der Waals surface area contributed by atoms with Gasteiger partial charge in [-0.1, -0.05) is 39.8 Å². The van der Waals surface area contributed by atoms with Gasteiger partial charge in [-0.3, -0.25) is 9.59 Å². The number of ketones is 2. The van der Waals surface area contributed by atoms with Crippen molar-refractivity contribution in [2.75, 3.05) is 13.2 Å². The number of hydrogen-bond acceptors (Lipinski definition) is 4. The zero-order valence-corrected chi connectivity index (χ0v) is 18.0. The van der Waals surface area contributed by atoms with Crippen LogP contribution in [0.2, 0.25) is 0 Å². The number of ether oxygens (including phenoxy) is 2. The van der Waals surface area contributed by atoms with Crippen molar-refractivity contribution in [3.63, 3.8) is 0 Å². The normalized spacial score (nSPS) is 12.9. The third kappa shape index (κ3) is 4.52. The van der Waals surface area contributed by atoms with Crippen molar-refractivity contribution in [1.29, 1.82) is 0 Å². The summed E-state index contributed by atoms with van der Waals surface area (Å²) in [7, 11) is 0. The third-order valence-electron chi connectivity index (χ3n) is 5.12. The van der Waals surface area contributed by atoms with Crippen molar-refractivity contribution in [2.45, 2.75) is 47.5 Å². The van der Waals surface area contributed by atoms with Crippen LogP contribution in [0.1, 0.15) is 77.9 Å². The molecule has 0 fully saturated rings. The van der Waals surface area contributed by atoms with Gasteiger partial charge in [-0.05, 0) is 55.4 Å². The van der Waals surface area contributed by atoms with Gasteiger partial charge in [0.15, 0.2) is 5.78 Å². The Labute approximate surface area is 173 Å². The van der Waals surface area contributed by atoms with Gasteiger partial charge in [0.25, 0.3) is 0 Å². The molecular weight excluding hydrogens is 364 g/mol. The fourth-order valence-electron chi connectivity index (χ4n) is 3.43. The average molecular weight is 395 g/mol. The van der Waals surface area contributed by atoms with E-state index in [1.807, 2.05) is 13.0 Å². The second kappa shape index (κ2) is 8.81. The smallest absolute Gasteiger partial charge is 0.201 e. The molecule has 4 nitrogen and oxygen atoms in total. The Morgan fingerprint density at radius 3 is 1.97 bits per heavy atom. The number of aryl methyl sites for hydroxylation is 1. The summed E-state index contributed by atoms with van der Waals surface area (Å²) in [5.41, 5.74) is 2.44. The lowest BCUT2D eigenvalue weighted by Gasteiger charge is -2.23. The third-order valence-corrected chi connectivity index (χ3v) is 5.12. The Kier molecular flexibility index (Phi) is 6.41. The monoisotopic (exact) mass is 394 g/mol. The second-order valence-corrected chi connectivity index (χ2v) is 8.58. The summed E-state index contributed by atoms with van der Waals surface area (Å²) in [6.45, 7) is 11.4. The highest BCUT2D eigenvalue weighted by Gasteiger charge is 2.35. The Bertz CT molecular complexity index is 925. The first kappa shape index (κ1) is 21.1. The van der Waals surface area contributed by atoms with E-state index >= 15 is 0 Å². The molecule has 1 aliphatic carbocycles. The highest BCUT2D eigenvalue weighted by Crippen LogP contribution is 2.38. The van der Waals surface area contributed by atoms with E-state index in [9.17, 15) is 9.59 Å². The lowest BCUT2D eigenvalue weighted by molar-refractivity contribution is 0.0971. The number of hydrogen-bond donors (Lipinski definition) is 0. The topological polar surface area (TPSA) is 52.6 Å². The Balaban J connectivity index is 2.01. The van der Waals surface area contributed by atoms with Gasteiger partial charge < -0.3 is 9.47 Å². The summed E-state index contributed by atoms with van der Waals surface area (Å²) >= 11 is 0. The van der Waals surface area contributed by atoms with E-state index in [0.29, 0.717) is 58.8 Å². The number of fused-ring (bicyclic) bond motifs is 2. The molecule has 0 saturated heterocycles. The van der Waals surface area contributed by atoms with Gasteiger partial charge in [-0.2, -0.15) is 0 Å². The number of carbonyl (C=O) groups is 2. The zero-order chi connectivity index (χ0) is 21.1. The lowest BCUT2D eigenvalue weighted by Crippen LogP contribution is -2.23. The Morgan fingerprint density at radius 2 is 1.34 bits per heavy atom. The van der Waals surface area contributed by atoms with Gasteiger partial charge in [-0.15, -0.1) is 0 Å². The first-order valence-corrected chi connectivity index (χ1v) is 10.4. The van der Waals surface area contributed by atoms with Crippen LogP contribution in [0, 0.1) is 18.8 Å². The largest absolute Gasteiger partial charge is 0.493 e. The molecule has 2 aromatic rings. The highest BCUT2D eigenvalue weighted by atomic mass is 16.5. The minimum absolute atomic E-state index is 0.152. The van der Waals surface area contributed by atoms with Crippen LogP contribution in [-0.2, 0) is 0 Å². The molecule has 0 saturated carbocycles. The van der Waals surface area contributed by atoms with Crippen molar-refractivity contribution in [3.05, 3.63) is 58.1 Å². The maximum atomic E-state index is 13.5. The molecule has 3 rings (SSSR count). The summed E-state index contributed by atoms with van der Waals surface area (Å²) in [4.78, 5) is 26.7. The van der Waals surface area contributed by atoms with E-state index in [-0.39, 0.29) is 11.6 Å². The SMILES string of the molecule is Cc1cc(OCCC(C)C)c2c(c1)C(=O)c1cccc(OCCC(C)C)c1C2=O. The van der Waals surface area contributed by atoms with Gasteiger partial charge in [0.05, 0.1) is 24.3 Å². The molecule has 1 aliphatic rings. The van der Waals surface area contributed by atoms with Gasteiger partial charge in [-0.25, -0.2) is 0 Å². The fourth-order valence-corrected chi connectivity index (χ4v) is 3.43. The van der Waals surface area contributed by atoms with Crippen LogP contribution in [0.5, 0.6) is 11.5 Å². The van der Waals surface area contributed by atoms with Crippen LogP contribution in [-0.4, -0.2) is 24.8 Å². The first-order chi connectivity index (χ1) is 13.8. The maximum absolute atomic E-state index is 13.5. The van der Waals surface area contributed by atoms with Gasteiger partial charge in [0.1, 0.15) is 11.5 Å². The highest BCUT2D eigenvalue weighted by molar-refractivity contribution is 6.30. The molecule has 0 aliphatic heterocycles. The molecule has 0 bridgehead atoms. The summed E-state index contributed by atoms with van der Waals surface area (Å²) in [5, 5.41) is 0. The molecular formula is C25H30O4. The number of rotatable bonds is 8. The van der Waals surface area contributed by atoms with E-state index in [1.165, 1.54) is 0 Å². The molecule has 0 aromatic heterocycles. The Hall–Kier alpha value is -2.62. The fraction of sp³-hybridized carbons (Fsp3) is 0.440. The summed E-state index contributed by atoms with van der Waals surface area (Å²) in [6, 6.07) is 8.87. The van der Waals surface area contributed by atoms with E-state index in [2.05, 4.69) is 27.7 Å². The minimum Gasteiger partial charge on any atom is -0.493 e. The first-order valence-electron chi connectivity index (χ1n) is 10.4. The van der Waals surface area contributed by atoms with Crippen LogP contribution in [0.4, 0.5) is 0 Å². The summed E-state index contributed by atoms with van der Waals surface area (Å²) in [6.07, 6.45) is 1.76. The molecule has 0 heterocycles. The van der Waals surface area contributed by atoms with Crippen LogP contribution in [0.3, 0.4) is 0 Å². The Morgan fingerprint density at radius 1 is 0.759 bits per heavy atom. The molecule has 0 amide bonds. The molecule has 0 unspecified atom stereocenters. The van der Waals surface area contributed by atoms with E-state index in [4.69, 9.17) is 9.47 Å². The van der Waals surface area contributed by atoms with Gasteiger partial charge in [0, 0.05) is 11.1 Å². The van der Waals surface area contributed by atoms with E-state index in [0.717, 1.165) is 18.4 Å². The summed E-state index contributed by atoms with van der Waals surface area (Å²) < 4.78 is 11.9. The quantitative estimate of drug-likeness (QED) is 0.497. The van der Waals surface area contributed by atoms with E-state index < -0.39 is 0 Å². The maximum Gasteiger partial charge on any atom is 0.201 e. The van der Waals surface area contributed by atoms with Crippen LogP contribution < -0.4 is 9.47 Å². The number of carbonyl (C=O) groups excluding carboxylic acids is 2. The summed E-state index contributed by atoms with van der Waals surface area (Å²) in [5.74, 6) is 1.60. The molecule has 0 N–H and O–H groups in total. The van der Waals surface area contributed by atoms with Gasteiger partial charge in [0.2, 0.25) is 5.78 Å². The minimum atomic E-state index is -0.200. The molecule has 0 radical (unpaired) electrons. The van der Waals surface area contributed by atoms with Crippen LogP contribution in [0.25, 0.3) is 0 Å². The number of benzene rings is 2. The standard InChI is InChI=1S/C25H30O4/c1-15(2)9-11-28-20-8-6-7-18-22(20)25(27)23-19(24(18)26)13-17(5)14-21(23)29-12-10-16(3)4/h6-8,13-16H,9-12H2,1-5H3. The molecule has 0 spiro atoms. The van der Waals surface area contributed by atoms with Crippen molar-refractivity contribution >= 4 is 11.6 Å². The van der Waals surface area contributed by atoms with E-state index in [1.54, 1.807) is 24.3 Å². The molecule has 0 atom stereocenters. The molecule has 154 valence electrons. The molecule has 29 heavy (non-hydrogen) atoms. The molecule has 2 aromatic carbocycles. The lowest BCUT2D eigenvalue weighted by atomic mass is 9.82. The predicted octanol–water partition coefficient (Wildman–Crippen LogP) is 5.62. The van der Waals surface area contributed by atoms with Crippen molar-refractivity contribution < 1.29 is 19.1 Å². The second-order valence-electron chi connectivity index (χ2n) is 8.58. The van der Waals surface area contributed by atoms with Crippen molar-refractivity contribution in [2.24, 2.45) is 11.8 Å². The average Bonchev–Trinajstić information content (AvgIpc) is 2.65. The zero-order valence-electron chi connectivity index (χ0n) is 18.0. The van der Waals surface area contributed by atoms with Gasteiger partial charge >= 0.3 is 0 Å². The van der Waals surface area contributed by atoms with Crippen LogP contribution >= 0.6 is 0 Å². The molecule has 4 heteroatoms. The van der Waals surface area contributed by atoms with Crippen LogP contribution in [0.15, 0.2) is 30.3 Å².